The van der Waals surface area contributed by atoms with Crippen molar-refractivity contribution in [3.8, 4) is 0 Å². The minimum atomic E-state index is -0.493. The van der Waals surface area contributed by atoms with Crippen molar-refractivity contribution in [2.75, 3.05) is 13.7 Å². The summed E-state index contributed by atoms with van der Waals surface area (Å²) >= 11 is 0. The van der Waals surface area contributed by atoms with E-state index in [1.165, 1.54) is 7.11 Å². The molecule has 1 saturated carbocycles. The summed E-state index contributed by atoms with van der Waals surface area (Å²) in [5, 5.41) is 2.82. The largest absolute Gasteiger partial charge is 0.453 e. The smallest absolute Gasteiger partial charge is 0.407 e. The van der Waals surface area contributed by atoms with Crippen LogP contribution in [0.15, 0.2) is 0 Å². The summed E-state index contributed by atoms with van der Waals surface area (Å²) in [6.45, 7) is 5.26. The lowest BCUT2D eigenvalue weighted by Crippen LogP contribution is -2.54. The third-order valence-electron chi connectivity index (χ3n) is 5.58. The van der Waals surface area contributed by atoms with Crippen molar-refractivity contribution in [3.05, 3.63) is 0 Å². The molecule has 1 heterocycles. The Kier molecular flexibility index (Phi) is 6.72. The first-order valence-corrected chi connectivity index (χ1v) is 9.23. The van der Waals surface area contributed by atoms with Gasteiger partial charge in [-0.1, -0.05) is 33.1 Å². The zero-order chi connectivity index (χ0) is 16.8. The number of hydrogen-bond acceptors (Lipinski definition) is 3. The van der Waals surface area contributed by atoms with E-state index in [1.54, 1.807) is 0 Å². The number of alkyl carbamates (subject to hydrolysis) is 1. The van der Waals surface area contributed by atoms with Crippen LogP contribution in [0.5, 0.6) is 0 Å². The molecule has 0 aromatic carbocycles. The first-order valence-electron chi connectivity index (χ1n) is 9.23. The maximum atomic E-state index is 13.2. The molecule has 2 amide bonds. The molecule has 5 heteroatoms. The van der Waals surface area contributed by atoms with Crippen LogP contribution in [-0.4, -0.2) is 42.6 Å². The minimum Gasteiger partial charge on any atom is -0.453 e. The maximum Gasteiger partial charge on any atom is 0.407 e. The number of amides is 2. The predicted octanol–water partition coefficient (Wildman–Crippen LogP) is 3.33. The molecule has 5 nitrogen and oxygen atoms in total. The summed E-state index contributed by atoms with van der Waals surface area (Å²) in [4.78, 5) is 26.9. The molecule has 1 unspecified atom stereocenters. The van der Waals surface area contributed by atoms with E-state index in [1.807, 2.05) is 4.90 Å². The van der Waals surface area contributed by atoms with Gasteiger partial charge in [0.05, 0.1) is 7.11 Å². The molecule has 0 spiro atoms. The number of hydrogen-bond donors (Lipinski definition) is 1. The summed E-state index contributed by atoms with van der Waals surface area (Å²) in [6.07, 6.45) is 8.28. The Labute approximate surface area is 140 Å². The van der Waals surface area contributed by atoms with E-state index < -0.39 is 12.1 Å². The second-order valence-corrected chi connectivity index (χ2v) is 7.17. The van der Waals surface area contributed by atoms with Gasteiger partial charge in [-0.05, 0) is 43.9 Å². The van der Waals surface area contributed by atoms with Crippen molar-refractivity contribution < 1.29 is 14.3 Å². The molecule has 2 rings (SSSR count). The van der Waals surface area contributed by atoms with Gasteiger partial charge in [0.1, 0.15) is 6.04 Å². The summed E-state index contributed by atoms with van der Waals surface area (Å²) < 4.78 is 4.75. The molecular formula is C18H32N2O3. The lowest BCUT2D eigenvalue weighted by molar-refractivity contribution is -0.136. The fourth-order valence-corrected chi connectivity index (χ4v) is 4.34. The number of rotatable bonds is 6. The third kappa shape index (κ3) is 4.39. The maximum absolute atomic E-state index is 13.2. The van der Waals surface area contributed by atoms with Crippen molar-refractivity contribution in [3.63, 3.8) is 0 Å². The molecule has 1 aliphatic carbocycles. The molecule has 2 fully saturated rings. The van der Waals surface area contributed by atoms with Crippen LogP contribution in [0.3, 0.4) is 0 Å². The van der Waals surface area contributed by atoms with Crippen molar-refractivity contribution in [2.45, 2.75) is 77.3 Å². The van der Waals surface area contributed by atoms with Gasteiger partial charge in [-0.25, -0.2) is 4.79 Å². The molecule has 1 saturated heterocycles. The van der Waals surface area contributed by atoms with Gasteiger partial charge in [0.25, 0.3) is 0 Å². The Bertz CT molecular complexity index is 407. The lowest BCUT2D eigenvalue weighted by Gasteiger charge is -2.34. The fourth-order valence-electron chi connectivity index (χ4n) is 4.34. The topological polar surface area (TPSA) is 58.6 Å². The van der Waals surface area contributed by atoms with Gasteiger partial charge in [-0.3, -0.25) is 4.79 Å². The molecule has 0 bridgehead atoms. The van der Waals surface area contributed by atoms with Crippen LogP contribution in [0.1, 0.15) is 65.2 Å². The van der Waals surface area contributed by atoms with Crippen molar-refractivity contribution in [1.29, 1.82) is 0 Å². The van der Waals surface area contributed by atoms with E-state index in [0.717, 1.165) is 57.9 Å². The standard InChI is InChI=1S/C18H32N2O3/c1-4-8-13(2)15-11-7-12-20(15)17(21)16(19-18(22)23-3)14-9-5-6-10-14/h13-16H,4-12H2,1-3H3,(H,19,22)/t13?,15-,16-/m0/s1. The molecular weight excluding hydrogens is 292 g/mol. The van der Waals surface area contributed by atoms with Crippen LogP contribution in [0.4, 0.5) is 4.79 Å². The highest BCUT2D eigenvalue weighted by atomic mass is 16.5. The van der Waals surface area contributed by atoms with Crippen molar-refractivity contribution in [2.24, 2.45) is 11.8 Å². The molecule has 0 radical (unpaired) electrons. The molecule has 3 atom stereocenters. The van der Waals surface area contributed by atoms with Crippen LogP contribution >= 0.6 is 0 Å². The van der Waals surface area contributed by atoms with E-state index in [0.29, 0.717) is 12.0 Å². The number of ether oxygens (including phenoxy) is 1. The van der Waals surface area contributed by atoms with Crippen LogP contribution in [0.2, 0.25) is 0 Å². The van der Waals surface area contributed by atoms with Gasteiger partial charge >= 0.3 is 6.09 Å². The first kappa shape index (κ1) is 18.1. The Morgan fingerprint density at radius 3 is 2.52 bits per heavy atom. The number of nitrogens with one attached hydrogen (secondary N) is 1. The van der Waals surface area contributed by atoms with Gasteiger partial charge in [0, 0.05) is 12.6 Å². The molecule has 23 heavy (non-hydrogen) atoms. The number of nitrogens with zero attached hydrogens (tertiary/aromatic N) is 1. The third-order valence-corrected chi connectivity index (χ3v) is 5.58. The van der Waals surface area contributed by atoms with E-state index >= 15 is 0 Å². The highest BCUT2D eigenvalue weighted by Gasteiger charge is 2.40. The fraction of sp³-hybridized carbons (Fsp3) is 0.889. The van der Waals surface area contributed by atoms with Crippen molar-refractivity contribution >= 4 is 12.0 Å². The van der Waals surface area contributed by atoms with Crippen LogP contribution in [0, 0.1) is 11.8 Å². The summed E-state index contributed by atoms with van der Waals surface area (Å²) in [7, 11) is 1.35. The van der Waals surface area contributed by atoms with Gasteiger partial charge in [-0.2, -0.15) is 0 Å². The second-order valence-electron chi connectivity index (χ2n) is 7.17. The van der Waals surface area contributed by atoms with Gasteiger partial charge in [-0.15, -0.1) is 0 Å². The summed E-state index contributed by atoms with van der Waals surface area (Å²) in [6, 6.07) is -0.0924. The van der Waals surface area contributed by atoms with Gasteiger partial charge in [0.15, 0.2) is 0 Å². The zero-order valence-corrected chi connectivity index (χ0v) is 14.8. The quantitative estimate of drug-likeness (QED) is 0.815. The van der Waals surface area contributed by atoms with Crippen LogP contribution < -0.4 is 5.32 Å². The van der Waals surface area contributed by atoms with Crippen molar-refractivity contribution in [1.82, 2.24) is 10.2 Å². The van der Waals surface area contributed by atoms with E-state index in [4.69, 9.17) is 4.74 Å². The lowest BCUT2D eigenvalue weighted by atomic mass is 9.92. The van der Waals surface area contributed by atoms with Crippen LogP contribution in [-0.2, 0) is 9.53 Å². The summed E-state index contributed by atoms with van der Waals surface area (Å²) in [5.41, 5.74) is 0. The van der Waals surface area contributed by atoms with E-state index in [-0.39, 0.29) is 11.8 Å². The average Bonchev–Trinajstić information content (AvgIpc) is 3.22. The molecule has 132 valence electrons. The van der Waals surface area contributed by atoms with E-state index in [9.17, 15) is 9.59 Å². The predicted molar refractivity (Wildman–Crippen MR) is 90.1 cm³/mol. The monoisotopic (exact) mass is 324 g/mol. The Hall–Kier alpha value is -1.26. The van der Waals surface area contributed by atoms with E-state index in [2.05, 4.69) is 19.2 Å². The number of carbonyl (C=O) groups excluding carboxylic acids is 2. The Morgan fingerprint density at radius 2 is 1.91 bits per heavy atom. The number of methoxy groups -OCH3 is 1. The first-order chi connectivity index (χ1) is 11.1. The Morgan fingerprint density at radius 1 is 1.22 bits per heavy atom. The summed E-state index contributed by atoms with van der Waals surface area (Å²) in [5.74, 6) is 0.880. The number of likely N-dealkylation sites (tertiary alicyclic amines) is 1. The zero-order valence-electron chi connectivity index (χ0n) is 14.8. The second kappa shape index (κ2) is 8.55. The average molecular weight is 324 g/mol. The Balaban J connectivity index is 2.09. The minimum absolute atomic E-state index is 0.104. The molecule has 1 aliphatic heterocycles. The normalized spacial score (nSPS) is 24.5. The molecule has 0 aromatic rings. The highest BCUT2D eigenvalue weighted by Crippen LogP contribution is 2.32. The molecule has 2 aliphatic rings. The molecule has 0 aromatic heterocycles. The highest BCUT2D eigenvalue weighted by molar-refractivity contribution is 5.86. The SMILES string of the molecule is CCCC(C)[C@@H]1CCCN1C(=O)[C@@H](NC(=O)OC)C1CCCC1. The van der Waals surface area contributed by atoms with Crippen LogP contribution in [0.25, 0.3) is 0 Å². The molecule has 1 N–H and O–H groups in total. The number of carbonyl (C=O) groups is 2. The van der Waals surface area contributed by atoms with Gasteiger partial charge in [0.2, 0.25) is 5.91 Å². The van der Waals surface area contributed by atoms with Gasteiger partial charge < -0.3 is 15.0 Å².